The number of aldehydes is 1. The Bertz CT molecular complexity index is 120. The van der Waals surface area contributed by atoms with E-state index in [1.54, 1.807) is 0 Å². The van der Waals surface area contributed by atoms with E-state index in [9.17, 15) is 4.79 Å². The van der Waals surface area contributed by atoms with Crippen LogP contribution in [0.4, 0.5) is 0 Å². The summed E-state index contributed by atoms with van der Waals surface area (Å²) in [6, 6.07) is 0. The van der Waals surface area contributed by atoms with Gasteiger partial charge in [0.2, 0.25) is 0 Å². The molecule has 0 amide bonds. The fourth-order valence-electron chi connectivity index (χ4n) is 1.17. The van der Waals surface area contributed by atoms with Crippen molar-refractivity contribution in [1.29, 1.82) is 0 Å². The zero-order valence-corrected chi connectivity index (χ0v) is 11.3. The van der Waals surface area contributed by atoms with Gasteiger partial charge in [-0.05, 0) is 27.2 Å². The third kappa shape index (κ3) is 19.2. The molecule has 0 fully saturated rings. The van der Waals surface area contributed by atoms with Crippen LogP contribution < -0.4 is 0 Å². The van der Waals surface area contributed by atoms with Crippen molar-refractivity contribution in [3.05, 3.63) is 0 Å². The van der Waals surface area contributed by atoms with Crippen LogP contribution in [-0.2, 0) is 14.3 Å². The smallest absolute Gasteiger partial charge is 0.154 e. The number of hydrogen-bond acceptors (Lipinski definition) is 3. The molecule has 0 heterocycles. The monoisotopic (exact) mass is 232 g/mol. The first kappa shape index (κ1) is 18.0. The van der Waals surface area contributed by atoms with Gasteiger partial charge in [0.15, 0.2) is 6.29 Å². The molecule has 3 nitrogen and oxygen atoms in total. The maximum Gasteiger partial charge on any atom is 0.154 e. The lowest BCUT2D eigenvalue weighted by molar-refractivity contribution is -0.123. The summed E-state index contributed by atoms with van der Waals surface area (Å²) in [7, 11) is 0. The Kier molecular flexibility index (Phi) is 19.1. The van der Waals surface area contributed by atoms with Crippen molar-refractivity contribution in [2.24, 2.45) is 0 Å². The van der Waals surface area contributed by atoms with E-state index in [-0.39, 0.29) is 6.29 Å². The van der Waals surface area contributed by atoms with E-state index in [1.165, 1.54) is 19.3 Å². The van der Waals surface area contributed by atoms with Gasteiger partial charge in [0.05, 0.1) is 0 Å². The summed E-state index contributed by atoms with van der Waals surface area (Å²) in [6.07, 6.45) is 6.53. The summed E-state index contributed by atoms with van der Waals surface area (Å²) >= 11 is 0. The Morgan fingerprint density at radius 3 is 1.94 bits per heavy atom. The molecule has 0 aromatic carbocycles. The highest BCUT2D eigenvalue weighted by Crippen LogP contribution is 1.99. The lowest BCUT2D eigenvalue weighted by atomic mass is 10.2. The van der Waals surface area contributed by atoms with E-state index in [0.29, 0.717) is 0 Å². The number of rotatable bonds is 9. The second-order valence-corrected chi connectivity index (χ2v) is 3.49. The van der Waals surface area contributed by atoms with Crippen molar-refractivity contribution in [3.63, 3.8) is 0 Å². The predicted octanol–water partition coefficient (Wildman–Crippen LogP) is 3.56. The first-order valence-corrected chi connectivity index (χ1v) is 6.39. The highest BCUT2D eigenvalue weighted by atomic mass is 16.7. The number of hydrogen-bond donors (Lipinski definition) is 0. The second-order valence-electron chi connectivity index (χ2n) is 3.49. The molecule has 0 spiro atoms. The molecule has 0 aliphatic heterocycles. The fraction of sp³-hybridized carbons (Fsp3) is 0.923. The van der Waals surface area contributed by atoms with E-state index < -0.39 is 0 Å². The Balaban J connectivity index is 0. The highest BCUT2D eigenvalue weighted by molar-refractivity contribution is 5.48. The molecule has 0 aromatic rings. The summed E-state index contributed by atoms with van der Waals surface area (Å²) in [5, 5.41) is 0. The predicted molar refractivity (Wildman–Crippen MR) is 67.5 cm³/mol. The van der Waals surface area contributed by atoms with Crippen LogP contribution in [-0.4, -0.2) is 25.8 Å². The Hall–Kier alpha value is -0.410. The van der Waals surface area contributed by atoms with Gasteiger partial charge in [0.1, 0.15) is 6.29 Å². The summed E-state index contributed by atoms with van der Waals surface area (Å²) in [4.78, 5) is 9.77. The Morgan fingerprint density at radius 2 is 1.56 bits per heavy atom. The van der Waals surface area contributed by atoms with Gasteiger partial charge in [-0.2, -0.15) is 0 Å². The van der Waals surface area contributed by atoms with Gasteiger partial charge in [-0.1, -0.05) is 26.2 Å². The van der Waals surface area contributed by atoms with Crippen LogP contribution in [0, 0.1) is 0 Å². The maximum atomic E-state index is 9.77. The molecule has 3 heteroatoms. The molecule has 0 saturated carbocycles. The zero-order chi connectivity index (χ0) is 12.6. The third-order valence-corrected chi connectivity index (χ3v) is 1.98. The van der Waals surface area contributed by atoms with Crippen molar-refractivity contribution < 1.29 is 14.3 Å². The molecule has 0 atom stereocenters. The summed E-state index contributed by atoms with van der Waals surface area (Å²) < 4.78 is 10.1. The molecule has 0 aromatic heterocycles. The Labute approximate surface area is 101 Å². The molecule has 0 saturated heterocycles. The van der Waals surface area contributed by atoms with Crippen molar-refractivity contribution in [2.45, 2.75) is 66.1 Å². The minimum Gasteiger partial charge on any atom is -0.353 e. The molecule has 0 unspecified atom stereocenters. The van der Waals surface area contributed by atoms with Crippen LogP contribution in [0.15, 0.2) is 0 Å². The van der Waals surface area contributed by atoms with Gasteiger partial charge < -0.3 is 14.3 Å². The van der Waals surface area contributed by atoms with Crippen LogP contribution in [0.3, 0.4) is 0 Å². The molecule has 16 heavy (non-hydrogen) atoms. The molecule has 0 bridgehead atoms. The molecule has 0 N–H and O–H groups in total. The number of ether oxygens (including phenoxy) is 2. The van der Waals surface area contributed by atoms with Crippen molar-refractivity contribution in [2.75, 3.05) is 13.2 Å². The summed E-state index contributed by atoms with van der Waals surface area (Å²) in [5.74, 6) is 0. The Morgan fingerprint density at radius 1 is 1.00 bits per heavy atom. The second kappa shape index (κ2) is 17.0. The van der Waals surface area contributed by atoms with Crippen LogP contribution in [0.25, 0.3) is 0 Å². The van der Waals surface area contributed by atoms with Crippen molar-refractivity contribution >= 4 is 6.29 Å². The standard InChI is InChI=1S/C7H14O.C6H14O2/c1-2-3-4-5-6-7-8;1-4-7-6(3)8-5-2/h7H,2-6H2,1H3;6H,4-5H2,1-3H3. The van der Waals surface area contributed by atoms with Gasteiger partial charge in [-0.15, -0.1) is 0 Å². The van der Waals surface area contributed by atoms with E-state index in [0.717, 1.165) is 32.3 Å². The maximum absolute atomic E-state index is 9.77. The van der Waals surface area contributed by atoms with Gasteiger partial charge in [0.25, 0.3) is 0 Å². The zero-order valence-electron chi connectivity index (χ0n) is 11.3. The molecular formula is C13H28O3. The average molecular weight is 232 g/mol. The quantitative estimate of drug-likeness (QED) is 0.346. The van der Waals surface area contributed by atoms with E-state index >= 15 is 0 Å². The largest absolute Gasteiger partial charge is 0.353 e. The van der Waals surface area contributed by atoms with Gasteiger partial charge in [-0.25, -0.2) is 0 Å². The molecule has 98 valence electrons. The van der Waals surface area contributed by atoms with E-state index in [4.69, 9.17) is 9.47 Å². The van der Waals surface area contributed by atoms with Gasteiger partial charge in [-0.3, -0.25) is 0 Å². The number of unbranched alkanes of at least 4 members (excludes halogenated alkanes) is 4. The normalized spacial score (nSPS) is 9.81. The number of carbonyl (C=O) groups excluding carboxylic acids is 1. The first-order valence-electron chi connectivity index (χ1n) is 6.39. The van der Waals surface area contributed by atoms with E-state index in [1.807, 2.05) is 20.8 Å². The minimum absolute atomic E-state index is 0.0370. The lowest BCUT2D eigenvalue weighted by Gasteiger charge is -2.09. The molecule has 0 aliphatic rings. The molecular weight excluding hydrogens is 204 g/mol. The molecule has 0 radical (unpaired) electrons. The van der Waals surface area contributed by atoms with Crippen LogP contribution in [0.2, 0.25) is 0 Å². The molecule has 0 rings (SSSR count). The first-order chi connectivity index (χ1) is 7.72. The van der Waals surface area contributed by atoms with Crippen LogP contribution in [0.5, 0.6) is 0 Å². The third-order valence-electron chi connectivity index (χ3n) is 1.98. The van der Waals surface area contributed by atoms with Gasteiger partial charge in [0, 0.05) is 19.6 Å². The molecule has 0 aliphatic carbocycles. The highest BCUT2D eigenvalue weighted by Gasteiger charge is 1.94. The van der Waals surface area contributed by atoms with Crippen molar-refractivity contribution in [3.8, 4) is 0 Å². The average Bonchev–Trinajstić information content (AvgIpc) is 2.26. The summed E-state index contributed by atoms with van der Waals surface area (Å²) in [6.45, 7) is 9.42. The fourth-order valence-corrected chi connectivity index (χ4v) is 1.17. The van der Waals surface area contributed by atoms with E-state index in [2.05, 4.69) is 6.92 Å². The van der Waals surface area contributed by atoms with Gasteiger partial charge >= 0.3 is 0 Å². The number of carbonyl (C=O) groups is 1. The SMILES string of the molecule is CCCCCCC=O.CCOC(C)OCC. The van der Waals surface area contributed by atoms with Crippen LogP contribution in [0.1, 0.15) is 59.8 Å². The van der Waals surface area contributed by atoms with Crippen molar-refractivity contribution in [1.82, 2.24) is 0 Å². The minimum atomic E-state index is -0.0370. The topological polar surface area (TPSA) is 35.5 Å². The van der Waals surface area contributed by atoms with Crippen LogP contribution >= 0.6 is 0 Å². The lowest BCUT2D eigenvalue weighted by Crippen LogP contribution is -2.11. The summed E-state index contributed by atoms with van der Waals surface area (Å²) in [5.41, 5.74) is 0.